The van der Waals surface area contributed by atoms with E-state index in [9.17, 15) is 18.3 Å². The average Bonchev–Trinajstić information content (AvgIpc) is 3.56. The molecule has 6 nitrogen and oxygen atoms in total. The Labute approximate surface area is 196 Å². The minimum atomic E-state index is -3.24. The molecule has 3 aromatic rings. The highest BCUT2D eigenvalue weighted by Gasteiger charge is 2.51. The van der Waals surface area contributed by atoms with Crippen molar-refractivity contribution in [2.45, 2.75) is 24.8 Å². The zero-order valence-corrected chi connectivity index (χ0v) is 19.0. The van der Waals surface area contributed by atoms with E-state index in [2.05, 4.69) is 10.0 Å². The number of carbonyl (C=O) groups excluding carboxylic acids is 1. The first-order valence-corrected chi connectivity index (χ1v) is 12.4. The number of phenols is 1. The number of nitrogens with one attached hydrogen (secondary N) is 2. The van der Waals surface area contributed by atoms with E-state index in [-0.39, 0.29) is 27.5 Å². The van der Waals surface area contributed by atoms with Gasteiger partial charge in [0, 0.05) is 16.5 Å². The van der Waals surface area contributed by atoms with Crippen molar-refractivity contribution in [3.05, 3.63) is 82.9 Å². The molecule has 0 heterocycles. The van der Waals surface area contributed by atoms with Crippen molar-refractivity contribution in [3.63, 3.8) is 0 Å². The maximum absolute atomic E-state index is 13.1. The Morgan fingerprint density at radius 2 is 1.78 bits per heavy atom. The number of amides is 1. The second kappa shape index (κ2) is 8.58. The van der Waals surface area contributed by atoms with Crippen molar-refractivity contribution in [2.24, 2.45) is 0 Å². The largest absolute Gasteiger partial charge is 0.506 e. The number of phenolic OH excluding ortho intramolecular Hbond substituents is 1. The molecule has 0 radical (unpaired) electrons. The third-order valence-electron chi connectivity index (χ3n) is 5.63. The van der Waals surface area contributed by atoms with Gasteiger partial charge in [-0.25, -0.2) is 13.1 Å². The predicted octanol–water partition coefficient (Wildman–Crippen LogP) is 5.17. The number of halogens is 1. The maximum atomic E-state index is 13.1. The minimum absolute atomic E-state index is 0. The van der Waals surface area contributed by atoms with Gasteiger partial charge in [-0.15, -0.1) is 0 Å². The molecule has 1 aliphatic rings. The summed E-state index contributed by atoms with van der Waals surface area (Å²) in [5.74, 6) is -0.101. The summed E-state index contributed by atoms with van der Waals surface area (Å²) in [5, 5.41) is 12.9. The second-order valence-electron chi connectivity index (χ2n) is 8.07. The summed E-state index contributed by atoms with van der Waals surface area (Å²) in [7, 11) is -3.24. The van der Waals surface area contributed by atoms with Gasteiger partial charge < -0.3 is 10.4 Å². The Bertz CT molecular complexity index is 1280. The zero-order valence-electron chi connectivity index (χ0n) is 17.4. The van der Waals surface area contributed by atoms with E-state index in [0.29, 0.717) is 5.69 Å². The zero-order chi connectivity index (χ0) is 22.9. The van der Waals surface area contributed by atoms with Crippen LogP contribution in [0.2, 0.25) is 5.02 Å². The van der Waals surface area contributed by atoms with Gasteiger partial charge in [-0.3, -0.25) is 4.79 Å². The molecule has 1 fully saturated rings. The molecule has 0 saturated heterocycles. The van der Waals surface area contributed by atoms with Crippen molar-refractivity contribution >= 4 is 33.2 Å². The summed E-state index contributed by atoms with van der Waals surface area (Å²) in [6, 6.07) is 20.0. The van der Waals surface area contributed by atoms with Gasteiger partial charge in [-0.2, -0.15) is 0 Å². The second-order valence-corrected chi connectivity index (χ2v) is 10.3. The Hall–Kier alpha value is -2.87. The van der Waals surface area contributed by atoms with E-state index in [1.165, 1.54) is 6.07 Å². The summed E-state index contributed by atoms with van der Waals surface area (Å²) >= 11 is 6.04. The van der Waals surface area contributed by atoms with Crippen molar-refractivity contribution < 1.29 is 22.6 Å². The third-order valence-corrected chi connectivity index (χ3v) is 6.60. The lowest BCUT2D eigenvalue weighted by atomic mass is 9.94. The lowest BCUT2D eigenvalue weighted by Crippen LogP contribution is -2.27. The molecule has 0 atom stereocenters. The Morgan fingerprint density at radius 3 is 2.41 bits per heavy atom. The fourth-order valence-corrected chi connectivity index (χ4v) is 4.24. The van der Waals surface area contributed by atoms with E-state index in [0.717, 1.165) is 41.4 Å². The standard InChI is InChI=1S/C24H23ClN2O4S.3H2/c1-32(30,31)26-15-16-5-7-17(8-6-16)18-3-2-4-20(13-18)27-23(29)24(11-12-24)19-9-10-22(28)21(25)14-19;;;/h2-10,13-14,26,28H,11-12,15H2,1H3,(H,27,29);3*1H. The molecule has 0 unspecified atom stereocenters. The van der Waals surface area contributed by atoms with Crippen molar-refractivity contribution in [2.75, 3.05) is 11.6 Å². The molecule has 172 valence electrons. The summed E-state index contributed by atoms with van der Waals surface area (Å²) in [6.45, 7) is 0.235. The number of hydrogen-bond acceptors (Lipinski definition) is 4. The monoisotopic (exact) mass is 476 g/mol. The summed E-state index contributed by atoms with van der Waals surface area (Å²) < 4.78 is 25.0. The molecule has 4 rings (SSSR count). The summed E-state index contributed by atoms with van der Waals surface area (Å²) in [4.78, 5) is 13.1. The summed E-state index contributed by atoms with van der Waals surface area (Å²) in [5.41, 5.74) is 3.60. The van der Waals surface area contributed by atoms with Crippen molar-refractivity contribution in [1.82, 2.24) is 4.72 Å². The van der Waals surface area contributed by atoms with Crippen LogP contribution in [-0.2, 0) is 26.8 Å². The van der Waals surface area contributed by atoms with Crippen LogP contribution >= 0.6 is 11.6 Å². The van der Waals surface area contributed by atoms with Crippen LogP contribution in [0.4, 0.5) is 5.69 Å². The van der Waals surface area contributed by atoms with Crippen LogP contribution in [0.25, 0.3) is 11.1 Å². The van der Waals surface area contributed by atoms with Gasteiger partial charge in [0.15, 0.2) is 0 Å². The fraction of sp³-hybridized carbons (Fsp3) is 0.208. The highest BCUT2D eigenvalue weighted by Crippen LogP contribution is 2.50. The van der Waals surface area contributed by atoms with Crippen LogP contribution in [0.1, 0.15) is 28.2 Å². The Morgan fingerprint density at radius 1 is 1.06 bits per heavy atom. The van der Waals surface area contributed by atoms with Gasteiger partial charge in [-0.1, -0.05) is 54.1 Å². The molecule has 1 aliphatic carbocycles. The molecule has 0 spiro atoms. The number of rotatable bonds is 7. The van der Waals surface area contributed by atoms with E-state index in [1.54, 1.807) is 12.1 Å². The highest BCUT2D eigenvalue weighted by atomic mass is 35.5. The fourth-order valence-electron chi connectivity index (χ4n) is 3.63. The molecular formula is C24H29ClN2O4S. The number of sulfonamides is 1. The SMILES string of the molecule is CS(=O)(=O)NCc1ccc(-c2cccc(NC(=O)C3(c4ccc(O)c(Cl)c4)CC3)c2)cc1.[HH].[HH].[HH]. The maximum Gasteiger partial charge on any atom is 0.235 e. The van der Waals surface area contributed by atoms with Crippen LogP contribution in [0.3, 0.4) is 0 Å². The molecule has 0 aromatic heterocycles. The van der Waals surface area contributed by atoms with Gasteiger partial charge in [0.25, 0.3) is 0 Å². The van der Waals surface area contributed by atoms with Crippen molar-refractivity contribution in [1.29, 1.82) is 0 Å². The first-order chi connectivity index (χ1) is 15.2. The average molecular weight is 477 g/mol. The summed E-state index contributed by atoms with van der Waals surface area (Å²) in [6.07, 6.45) is 2.58. The van der Waals surface area contributed by atoms with Gasteiger partial charge >= 0.3 is 0 Å². The number of anilines is 1. The molecule has 32 heavy (non-hydrogen) atoms. The van der Waals surface area contributed by atoms with Crippen LogP contribution in [0, 0.1) is 0 Å². The van der Waals surface area contributed by atoms with Crippen LogP contribution in [0.5, 0.6) is 5.75 Å². The number of benzene rings is 3. The lowest BCUT2D eigenvalue weighted by Gasteiger charge is -2.17. The van der Waals surface area contributed by atoms with E-state index >= 15 is 0 Å². The molecule has 1 saturated carbocycles. The van der Waals surface area contributed by atoms with E-state index in [4.69, 9.17) is 11.6 Å². The van der Waals surface area contributed by atoms with Gasteiger partial charge in [0.2, 0.25) is 15.9 Å². The van der Waals surface area contributed by atoms with Gasteiger partial charge in [-0.05, 0) is 59.4 Å². The third kappa shape index (κ3) is 4.96. The van der Waals surface area contributed by atoms with E-state index in [1.807, 2.05) is 48.5 Å². The van der Waals surface area contributed by atoms with Crippen molar-refractivity contribution in [3.8, 4) is 16.9 Å². The minimum Gasteiger partial charge on any atom is -0.506 e. The van der Waals surface area contributed by atoms with Gasteiger partial charge in [0.1, 0.15) is 5.75 Å². The first-order valence-electron chi connectivity index (χ1n) is 10.1. The molecule has 3 N–H and O–H groups in total. The van der Waals surface area contributed by atoms with Crippen LogP contribution in [-0.4, -0.2) is 25.7 Å². The van der Waals surface area contributed by atoms with Crippen LogP contribution < -0.4 is 10.0 Å². The smallest absolute Gasteiger partial charge is 0.235 e. The normalized spacial score (nSPS) is 14.7. The number of hydrogen-bond donors (Lipinski definition) is 3. The number of aromatic hydroxyl groups is 1. The molecular weight excluding hydrogens is 448 g/mol. The first kappa shape index (κ1) is 22.3. The lowest BCUT2D eigenvalue weighted by molar-refractivity contribution is -0.118. The van der Waals surface area contributed by atoms with Gasteiger partial charge in [0.05, 0.1) is 16.7 Å². The Balaban J connectivity index is 0.00000204. The molecule has 0 aliphatic heterocycles. The van der Waals surface area contributed by atoms with Crippen LogP contribution in [0.15, 0.2) is 66.7 Å². The topological polar surface area (TPSA) is 95.5 Å². The highest BCUT2D eigenvalue weighted by molar-refractivity contribution is 7.88. The quantitative estimate of drug-likeness (QED) is 0.438. The molecule has 0 bridgehead atoms. The molecule has 8 heteroatoms. The molecule has 1 amide bonds. The molecule has 3 aromatic carbocycles. The predicted molar refractivity (Wildman–Crippen MR) is 133 cm³/mol. The number of carbonyl (C=O) groups is 1. The van der Waals surface area contributed by atoms with E-state index < -0.39 is 15.4 Å². The Kier molecular flexibility index (Phi) is 5.99.